The fourth-order valence-electron chi connectivity index (χ4n) is 3.18. The number of nitrogens with two attached hydrogens (primary N) is 1. The van der Waals surface area contributed by atoms with Gasteiger partial charge in [0.2, 0.25) is 5.95 Å². The van der Waals surface area contributed by atoms with Gasteiger partial charge in [0.25, 0.3) is 5.56 Å². The van der Waals surface area contributed by atoms with Gasteiger partial charge in [0.15, 0.2) is 29.7 Å². The van der Waals surface area contributed by atoms with Gasteiger partial charge in [-0.1, -0.05) is 0 Å². The Labute approximate surface area is 158 Å². The van der Waals surface area contributed by atoms with E-state index in [-0.39, 0.29) is 0 Å². The van der Waals surface area contributed by atoms with Crippen molar-refractivity contribution in [3.05, 3.63) is 20.8 Å². The molecule has 1 aliphatic rings. The van der Waals surface area contributed by atoms with Crippen molar-refractivity contribution in [3.8, 4) is 0 Å². The second kappa shape index (κ2) is 7.08. The number of aliphatic hydroxyl groups excluding tert-OH is 3. The van der Waals surface area contributed by atoms with E-state index in [4.69, 9.17) is 10.5 Å². The lowest BCUT2D eigenvalue weighted by Crippen LogP contribution is -2.44. The number of hydrogen-bond donors (Lipinski definition) is 5. The minimum absolute atomic E-state index is 0.420. The van der Waals surface area contributed by atoms with Crippen LogP contribution in [0.1, 0.15) is 13.2 Å². The molecule has 0 aliphatic carbocycles. The summed E-state index contributed by atoms with van der Waals surface area (Å²) < 4.78 is 58.6. The van der Waals surface area contributed by atoms with Crippen molar-refractivity contribution in [2.24, 2.45) is 0 Å². The molecule has 0 radical (unpaired) electrons. The Hall–Kier alpha value is -2.49. The Kier molecular flexibility index (Phi) is 5.18. The van der Waals surface area contributed by atoms with Crippen LogP contribution in [0.2, 0.25) is 0 Å². The van der Waals surface area contributed by atoms with E-state index in [2.05, 4.69) is 9.97 Å². The molecule has 1 aliphatic heterocycles. The SMILES string of the molecule is C[C@H](O)Cn1c(=O)n([C@@H]2O[C@H]([C@@H](O)C(F)(F)F)[C@H](F)[C@H]2O)c2nc(N)[nH]c(=O)c21. The molecule has 29 heavy (non-hydrogen) atoms. The Morgan fingerprint density at radius 2 is 1.97 bits per heavy atom. The van der Waals surface area contributed by atoms with Crippen LogP contribution in [0.25, 0.3) is 11.2 Å². The molecule has 0 amide bonds. The van der Waals surface area contributed by atoms with Gasteiger partial charge in [-0.3, -0.25) is 14.3 Å². The predicted molar refractivity (Wildman–Crippen MR) is 87.6 cm³/mol. The van der Waals surface area contributed by atoms with E-state index < -0.39 is 77.9 Å². The zero-order valence-corrected chi connectivity index (χ0v) is 14.7. The van der Waals surface area contributed by atoms with Gasteiger partial charge < -0.3 is 25.8 Å². The van der Waals surface area contributed by atoms with Crippen LogP contribution in [0, 0.1) is 0 Å². The molecule has 1 saturated heterocycles. The van der Waals surface area contributed by atoms with Crippen LogP contribution in [0.4, 0.5) is 23.5 Å². The average Bonchev–Trinajstić information content (AvgIpc) is 3.01. The van der Waals surface area contributed by atoms with Crippen molar-refractivity contribution < 1.29 is 37.6 Å². The Morgan fingerprint density at radius 1 is 1.34 bits per heavy atom. The number of rotatable bonds is 4. The van der Waals surface area contributed by atoms with Crippen LogP contribution in [0.15, 0.2) is 9.59 Å². The number of nitrogens with one attached hydrogen (secondary N) is 1. The number of aliphatic hydroxyl groups is 3. The second-order valence-electron chi connectivity index (χ2n) is 6.65. The summed E-state index contributed by atoms with van der Waals surface area (Å²) in [5.41, 5.74) is 2.48. The third-order valence-corrected chi connectivity index (χ3v) is 4.41. The number of imidazole rings is 1. The summed E-state index contributed by atoms with van der Waals surface area (Å²) in [7, 11) is 0. The molecule has 2 aromatic rings. The third kappa shape index (κ3) is 3.50. The van der Waals surface area contributed by atoms with E-state index in [1.165, 1.54) is 6.92 Å². The maximum atomic E-state index is 14.3. The number of anilines is 1. The van der Waals surface area contributed by atoms with Gasteiger partial charge in [0, 0.05) is 0 Å². The molecule has 3 rings (SSSR count). The molecule has 0 bridgehead atoms. The topological polar surface area (TPSA) is 169 Å². The summed E-state index contributed by atoms with van der Waals surface area (Å²) in [5.74, 6) is -0.471. The normalized spacial score (nSPS) is 27.4. The highest BCUT2D eigenvalue weighted by Gasteiger charge is 2.56. The summed E-state index contributed by atoms with van der Waals surface area (Å²) in [4.78, 5) is 30.9. The van der Waals surface area contributed by atoms with Crippen LogP contribution in [-0.4, -0.2) is 71.2 Å². The lowest BCUT2D eigenvalue weighted by molar-refractivity contribution is -0.241. The first kappa shape index (κ1) is 21.2. The highest BCUT2D eigenvalue weighted by Crippen LogP contribution is 2.37. The van der Waals surface area contributed by atoms with Crippen LogP contribution in [0.3, 0.4) is 0 Å². The van der Waals surface area contributed by atoms with Crippen LogP contribution >= 0.6 is 0 Å². The van der Waals surface area contributed by atoms with E-state index in [0.29, 0.717) is 4.57 Å². The van der Waals surface area contributed by atoms with Crippen molar-refractivity contribution in [1.29, 1.82) is 0 Å². The molecule has 0 spiro atoms. The summed E-state index contributed by atoms with van der Waals surface area (Å²) in [6, 6.07) is 0. The first-order valence-corrected chi connectivity index (χ1v) is 8.25. The standard InChI is InChI=1S/C14H17F4N5O6/c1-3(24)2-22-5-9(20-12(19)21-10(5)27)23(13(22)28)11-6(25)4(15)7(29-11)8(26)14(16,17)18/h3-4,6-8,11,24-26H,2H2,1H3,(H3,19,20,21,27)/t3-,4+,6+,7-,8+,11+/m0/s1. The largest absolute Gasteiger partial charge is 0.417 e. The van der Waals surface area contributed by atoms with Gasteiger partial charge in [0.1, 0.15) is 12.2 Å². The summed E-state index contributed by atoms with van der Waals surface area (Å²) in [6.07, 6.45) is -19.3. The molecule has 0 saturated carbocycles. The number of alkyl halides is 4. The van der Waals surface area contributed by atoms with Gasteiger partial charge in [-0.05, 0) is 6.92 Å². The summed E-state index contributed by atoms with van der Waals surface area (Å²) in [6.45, 7) is 0.871. The minimum atomic E-state index is -5.26. The number of halogens is 4. The van der Waals surface area contributed by atoms with Crippen molar-refractivity contribution in [2.75, 3.05) is 5.73 Å². The number of aromatic nitrogens is 4. The maximum Gasteiger partial charge on any atom is 0.417 e. The smallest absolute Gasteiger partial charge is 0.392 e. The molecule has 6 atom stereocenters. The summed E-state index contributed by atoms with van der Waals surface area (Å²) >= 11 is 0. The number of nitrogens with zero attached hydrogens (tertiary/aromatic N) is 3. The van der Waals surface area contributed by atoms with Crippen LogP contribution < -0.4 is 17.0 Å². The predicted octanol–water partition coefficient (Wildman–Crippen LogP) is -1.63. The number of aromatic amines is 1. The number of hydrogen-bond acceptors (Lipinski definition) is 8. The first-order chi connectivity index (χ1) is 13.3. The van der Waals surface area contributed by atoms with Crippen LogP contribution in [-0.2, 0) is 11.3 Å². The van der Waals surface area contributed by atoms with Gasteiger partial charge >= 0.3 is 11.9 Å². The lowest BCUT2D eigenvalue weighted by Gasteiger charge is -2.22. The summed E-state index contributed by atoms with van der Waals surface area (Å²) in [5, 5.41) is 29.0. The molecule has 2 aromatic heterocycles. The highest BCUT2D eigenvalue weighted by atomic mass is 19.4. The van der Waals surface area contributed by atoms with Crippen molar-refractivity contribution in [3.63, 3.8) is 0 Å². The molecule has 1 fully saturated rings. The van der Waals surface area contributed by atoms with Crippen molar-refractivity contribution in [2.45, 2.75) is 56.5 Å². The number of ether oxygens (including phenoxy) is 1. The second-order valence-corrected chi connectivity index (χ2v) is 6.65. The van der Waals surface area contributed by atoms with E-state index in [1.807, 2.05) is 0 Å². The fourth-order valence-corrected chi connectivity index (χ4v) is 3.18. The maximum absolute atomic E-state index is 14.3. The monoisotopic (exact) mass is 427 g/mol. The molecule has 0 aromatic carbocycles. The Bertz CT molecular complexity index is 1030. The molecule has 3 heterocycles. The van der Waals surface area contributed by atoms with Crippen molar-refractivity contribution in [1.82, 2.24) is 19.1 Å². The highest BCUT2D eigenvalue weighted by molar-refractivity contribution is 5.71. The molecule has 15 heteroatoms. The van der Waals surface area contributed by atoms with Gasteiger partial charge in [0.05, 0.1) is 12.6 Å². The van der Waals surface area contributed by atoms with Crippen molar-refractivity contribution >= 4 is 17.1 Å². The van der Waals surface area contributed by atoms with Gasteiger partial charge in [-0.25, -0.2) is 13.8 Å². The molecule has 6 N–H and O–H groups in total. The number of H-pyrrole nitrogens is 1. The molecule has 11 nitrogen and oxygen atoms in total. The molecule has 0 unspecified atom stereocenters. The van der Waals surface area contributed by atoms with E-state index in [0.717, 1.165) is 4.57 Å². The van der Waals surface area contributed by atoms with Gasteiger partial charge in [-0.2, -0.15) is 18.2 Å². The fraction of sp³-hybridized carbons (Fsp3) is 0.643. The Balaban J connectivity index is 2.19. The number of nitrogen functional groups attached to an aromatic ring is 1. The van der Waals surface area contributed by atoms with E-state index in [1.54, 1.807) is 0 Å². The molecule has 162 valence electrons. The number of fused-ring (bicyclic) bond motifs is 1. The zero-order valence-electron chi connectivity index (χ0n) is 14.7. The average molecular weight is 427 g/mol. The lowest BCUT2D eigenvalue weighted by atomic mass is 10.1. The molecular weight excluding hydrogens is 410 g/mol. The van der Waals surface area contributed by atoms with E-state index >= 15 is 0 Å². The minimum Gasteiger partial charge on any atom is -0.392 e. The van der Waals surface area contributed by atoms with E-state index in [9.17, 15) is 42.5 Å². The molecular formula is C14H17F4N5O6. The quantitative estimate of drug-likeness (QED) is 0.362. The Morgan fingerprint density at radius 3 is 2.52 bits per heavy atom. The third-order valence-electron chi connectivity index (χ3n) is 4.41. The van der Waals surface area contributed by atoms with Crippen LogP contribution in [0.5, 0.6) is 0 Å². The first-order valence-electron chi connectivity index (χ1n) is 8.25. The zero-order chi connectivity index (χ0) is 21.8. The van der Waals surface area contributed by atoms with Gasteiger partial charge in [-0.15, -0.1) is 0 Å².